The number of nitrogens with two attached hydrogens (primary N) is 1. The Balaban J connectivity index is 2.81. The SMILES string of the molecule is Cc1ccc(C(C)C(C)CCN)cc1C. The van der Waals surface area contributed by atoms with E-state index in [1.165, 1.54) is 16.7 Å². The van der Waals surface area contributed by atoms with E-state index in [1.807, 2.05) is 0 Å². The Morgan fingerprint density at radius 1 is 1.13 bits per heavy atom. The van der Waals surface area contributed by atoms with Crippen molar-refractivity contribution in [3.63, 3.8) is 0 Å². The van der Waals surface area contributed by atoms with Gasteiger partial charge in [-0.3, -0.25) is 0 Å². The molecule has 1 heteroatoms. The van der Waals surface area contributed by atoms with Crippen LogP contribution in [0.4, 0.5) is 0 Å². The first-order valence-electron chi connectivity index (χ1n) is 5.83. The van der Waals surface area contributed by atoms with Gasteiger partial charge in [0, 0.05) is 0 Å². The first-order valence-corrected chi connectivity index (χ1v) is 5.83. The van der Waals surface area contributed by atoms with E-state index in [0.29, 0.717) is 11.8 Å². The summed E-state index contributed by atoms with van der Waals surface area (Å²) in [6, 6.07) is 6.78. The van der Waals surface area contributed by atoms with Crippen LogP contribution in [0.2, 0.25) is 0 Å². The van der Waals surface area contributed by atoms with Crippen molar-refractivity contribution in [2.45, 2.75) is 40.0 Å². The summed E-state index contributed by atoms with van der Waals surface area (Å²) in [4.78, 5) is 0. The summed E-state index contributed by atoms with van der Waals surface area (Å²) in [5, 5.41) is 0. The Bertz CT molecular complexity index is 317. The molecular formula is C14H23N. The third kappa shape index (κ3) is 3.07. The summed E-state index contributed by atoms with van der Waals surface area (Å²) in [6.07, 6.45) is 1.11. The number of rotatable bonds is 4. The lowest BCUT2D eigenvalue weighted by molar-refractivity contribution is 0.459. The summed E-state index contributed by atoms with van der Waals surface area (Å²) in [6.45, 7) is 9.71. The predicted molar refractivity (Wildman–Crippen MR) is 67.2 cm³/mol. The minimum atomic E-state index is 0.604. The third-order valence-corrected chi connectivity index (χ3v) is 3.53. The summed E-state index contributed by atoms with van der Waals surface area (Å²) in [7, 11) is 0. The third-order valence-electron chi connectivity index (χ3n) is 3.53. The summed E-state index contributed by atoms with van der Waals surface area (Å²) < 4.78 is 0. The quantitative estimate of drug-likeness (QED) is 0.801. The molecule has 0 saturated carbocycles. The summed E-state index contributed by atoms with van der Waals surface area (Å²) in [5.41, 5.74) is 9.80. The zero-order valence-electron chi connectivity index (χ0n) is 10.4. The fraction of sp³-hybridized carbons (Fsp3) is 0.571. The van der Waals surface area contributed by atoms with Crippen molar-refractivity contribution in [2.24, 2.45) is 11.7 Å². The molecule has 0 aliphatic rings. The molecule has 0 saturated heterocycles. The smallest absolute Gasteiger partial charge is 0.00745 e. The second kappa shape index (κ2) is 5.32. The average Bonchev–Trinajstić information content (AvgIpc) is 2.21. The Kier molecular flexibility index (Phi) is 4.34. The van der Waals surface area contributed by atoms with Gasteiger partial charge in [0.2, 0.25) is 0 Å². The lowest BCUT2D eigenvalue weighted by Gasteiger charge is -2.20. The molecule has 84 valence electrons. The van der Waals surface area contributed by atoms with Crippen LogP contribution in [-0.4, -0.2) is 6.54 Å². The first kappa shape index (κ1) is 12.3. The molecule has 0 fully saturated rings. The highest BCUT2D eigenvalue weighted by Crippen LogP contribution is 2.27. The molecule has 0 amide bonds. The van der Waals surface area contributed by atoms with Gasteiger partial charge in [0.05, 0.1) is 0 Å². The minimum Gasteiger partial charge on any atom is -0.330 e. The van der Waals surface area contributed by atoms with Gasteiger partial charge in [0.25, 0.3) is 0 Å². The second-order valence-electron chi connectivity index (χ2n) is 4.69. The maximum Gasteiger partial charge on any atom is -0.00745 e. The van der Waals surface area contributed by atoms with Gasteiger partial charge in [-0.2, -0.15) is 0 Å². The number of hydrogen-bond donors (Lipinski definition) is 1. The van der Waals surface area contributed by atoms with Crippen LogP contribution in [0.1, 0.15) is 42.9 Å². The number of aryl methyl sites for hydroxylation is 2. The van der Waals surface area contributed by atoms with Crippen LogP contribution in [0.3, 0.4) is 0 Å². The molecule has 0 heterocycles. The first-order chi connectivity index (χ1) is 7.06. The van der Waals surface area contributed by atoms with Gasteiger partial charge in [-0.25, -0.2) is 0 Å². The van der Waals surface area contributed by atoms with Gasteiger partial charge in [-0.15, -0.1) is 0 Å². The Morgan fingerprint density at radius 2 is 1.80 bits per heavy atom. The van der Waals surface area contributed by atoms with E-state index in [1.54, 1.807) is 0 Å². The topological polar surface area (TPSA) is 26.0 Å². The zero-order valence-corrected chi connectivity index (χ0v) is 10.4. The second-order valence-corrected chi connectivity index (χ2v) is 4.69. The zero-order chi connectivity index (χ0) is 11.4. The molecule has 0 aliphatic heterocycles. The summed E-state index contributed by atoms with van der Waals surface area (Å²) in [5.74, 6) is 1.27. The van der Waals surface area contributed by atoms with Crippen molar-refractivity contribution < 1.29 is 0 Å². The van der Waals surface area contributed by atoms with Crippen molar-refractivity contribution in [3.8, 4) is 0 Å². The maximum atomic E-state index is 5.60. The highest BCUT2D eigenvalue weighted by Gasteiger charge is 2.13. The summed E-state index contributed by atoms with van der Waals surface area (Å²) >= 11 is 0. The molecule has 0 radical (unpaired) electrons. The van der Waals surface area contributed by atoms with Crippen molar-refractivity contribution >= 4 is 0 Å². The highest BCUT2D eigenvalue weighted by molar-refractivity contribution is 5.31. The lowest BCUT2D eigenvalue weighted by Crippen LogP contribution is -2.12. The molecule has 0 bridgehead atoms. The van der Waals surface area contributed by atoms with Crippen LogP contribution >= 0.6 is 0 Å². The minimum absolute atomic E-state index is 0.604. The Labute approximate surface area is 93.7 Å². The monoisotopic (exact) mass is 205 g/mol. The van der Waals surface area contributed by atoms with Crippen molar-refractivity contribution in [2.75, 3.05) is 6.54 Å². The van der Waals surface area contributed by atoms with E-state index in [0.717, 1.165) is 13.0 Å². The van der Waals surface area contributed by atoms with Gasteiger partial charge in [0.15, 0.2) is 0 Å². The standard InChI is InChI=1S/C14H23N/c1-10-5-6-14(9-12(10)3)13(4)11(2)7-8-15/h5-6,9,11,13H,7-8,15H2,1-4H3. The van der Waals surface area contributed by atoms with Crippen LogP contribution < -0.4 is 5.73 Å². The number of benzene rings is 1. The van der Waals surface area contributed by atoms with Crippen molar-refractivity contribution in [3.05, 3.63) is 34.9 Å². The highest BCUT2D eigenvalue weighted by atomic mass is 14.5. The van der Waals surface area contributed by atoms with Gasteiger partial charge in [-0.1, -0.05) is 32.0 Å². The van der Waals surface area contributed by atoms with Crippen LogP contribution in [-0.2, 0) is 0 Å². The van der Waals surface area contributed by atoms with Gasteiger partial charge in [-0.05, 0) is 55.3 Å². The van der Waals surface area contributed by atoms with Gasteiger partial charge < -0.3 is 5.73 Å². The number of hydrogen-bond acceptors (Lipinski definition) is 1. The largest absolute Gasteiger partial charge is 0.330 e. The van der Waals surface area contributed by atoms with Crippen molar-refractivity contribution in [1.82, 2.24) is 0 Å². The van der Waals surface area contributed by atoms with Crippen LogP contribution in [0.5, 0.6) is 0 Å². The maximum absolute atomic E-state index is 5.60. The van der Waals surface area contributed by atoms with Crippen LogP contribution in [0.15, 0.2) is 18.2 Å². The molecule has 1 rings (SSSR count). The molecular weight excluding hydrogens is 182 g/mol. The van der Waals surface area contributed by atoms with E-state index in [2.05, 4.69) is 45.9 Å². The molecule has 2 unspecified atom stereocenters. The Hall–Kier alpha value is -0.820. The van der Waals surface area contributed by atoms with E-state index in [-0.39, 0.29) is 0 Å². The molecule has 1 aromatic rings. The Morgan fingerprint density at radius 3 is 2.33 bits per heavy atom. The lowest BCUT2D eigenvalue weighted by atomic mass is 9.86. The van der Waals surface area contributed by atoms with Crippen molar-refractivity contribution in [1.29, 1.82) is 0 Å². The average molecular weight is 205 g/mol. The molecule has 0 aliphatic carbocycles. The molecule has 1 aromatic carbocycles. The van der Waals surface area contributed by atoms with E-state index in [9.17, 15) is 0 Å². The molecule has 0 spiro atoms. The van der Waals surface area contributed by atoms with Crippen LogP contribution in [0.25, 0.3) is 0 Å². The fourth-order valence-corrected chi connectivity index (χ4v) is 1.89. The van der Waals surface area contributed by atoms with E-state index in [4.69, 9.17) is 5.73 Å². The fourth-order valence-electron chi connectivity index (χ4n) is 1.89. The molecule has 2 atom stereocenters. The molecule has 0 aromatic heterocycles. The molecule has 1 nitrogen and oxygen atoms in total. The predicted octanol–water partition coefficient (Wildman–Crippen LogP) is 3.39. The van der Waals surface area contributed by atoms with Crippen LogP contribution in [0, 0.1) is 19.8 Å². The van der Waals surface area contributed by atoms with E-state index >= 15 is 0 Å². The normalized spacial score (nSPS) is 15.0. The van der Waals surface area contributed by atoms with Gasteiger partial charge >= 0.3 is 0 Å². The molecule has 2 N–H and O–H groups in total. The van der Waals surface area contributed by atoms with Gasteiger partial charge in [0.1, 0.15) is 0 Å². The molecule has 15 heavy (non-hydrogen) atoms. The van der Waals surface area contributed by atoms with E-state index < -0.39 is 0 Å².